The second-order valence-electron chi connectivity index (χ2n) is 8.04. The van der Waals surface area contributed by atoms with E-state index in [2.05, 4.69) is 26.8 Å². The van der Waals surface area contributed by atoms with Crippen molar-refractivity contribution in [3.63, 3.8) is 0 Å². The fourth-order valence-corrected chi connectivity index (χ4v) is 2.63. The Hall–Kier alpha value is -2.10. The Morgan fingerprint density at radius 1 is 1.13 bits per heavy atom. The van der Waals surface area contributed by atoms with Crippen molar-refractivity contribution < 1.29 is 19.4 Å². The van der Waals surface area contributed by atoms with Gasteiger partial charge in [-0.05, 0) is 22.5 Å². The zero-order valence-electron chi connectivity index (χ0n) is 14.6. The summed E-state index contributed by atoms with van der Waals surface area (Å²) in [5, 5.41) is 9.25. The van der Waals surface area contributed by atoms with E-state index in [1.807, 2.05) is 26.8 Å². The van der Waals surface area contributed by atoms with Crippen molar-refractivity contribution in [2.24, 2.45) is 0 Å². The molecule has 0 saturated carbocycles. The van der Waals surface area contributed by atoms with E-state index in [1.54, 1.807) is 0 Å². The maximum atomic E-state index is 11.5. The summed E-state index contributed by atoms with van der Waals surface area (Å²) >= 11 is 0. The number of ether oxygens (including phenoxy) is 1. The number of fused-ring (bicyclic) bond motifs is 1. The number of carbonyl (C=O) groups is 2. The summed E-state index contributed by atoms with van der Waals surface area (Å²) in [7, 11) is 0. The first kappa shape index (κ1) is 17.3. The van der Waals surface area contributed by atoms with E-state index in [1.165, 1.54) is 6.08 Å². The molecule has 1 aliphatic rings. The van der Waals surface area contributed by atoms with E-state index in [4.69, 9.17) is 4.74 Å². The van der Waals surface area contributed by atoms with Gasteiger partial charge in [-0.15, -0.1) is 0 Å². The molecule has 4 nitrogen and oxygen atoms in total. The first-order valence-corrected chi connectivity index (χ1v) is 7.72. The molecule has 0 radical (unpaired) electrons. The topological polar surface area (TPSA) is 63.6 Å². The molecule has 0 amide bonds. The van der Waals surface area contributed by atoms with Crippen LogP contribution in [-0.4, -0.2) is 17.4 Å². The Kier molecular flexibility index (Phi) is 4.14. The van der Waals surface area contributed by atoms with Gasteiger partial charge in [-0.2, -0.15) is 0 Å². The number of aliphatic carboxylic acids is 1. The molecule has 0 aromatic heterocycles. The second kappa shape index (κ2) is 5.52. The molecule has 1 heterocycles. The summed E-state index contributed by atoms with van der Waals surface area (Å²) in [5.41, 5.74) is 2.43. The van der Waals surface area contributed by atoms with Crippen molar-refractivity contribution in [1.29, 1.82) is 0 Å². The molecule has 0 aliphatic carbocycles. The predicted octanol–water partition coefficient (Wildman–Crippen LogP) is 3.93. The van der Waals surface area contributed by atoms with Crippen LogP contribution in [0, 0.1) is 0 Å². The Bertz CT molecular complexity index is 685. The fraction of sp³-hybridized carbons (Fsp3) is 0.474. The molecule has 1 unspecified atom stereocenters. The number of benzene rings is 1. The van der Waals surface area contributed by atoms with Gasteiger partial charge in [-0.1, -0.05) is 53.7 Å². The van der Waals surface area contributed by atoms with Crippen LogP contribution >= 0.6 is 0 Å². The highest BCUT2D eigenvalue weighted by molar-refractivity contribution is 5.87. The highest BCUT2D eigenvalue weighted by Crippen LogP contribution is 2.44. The van der Waals surface area contributed by atoms with Crippen molar-refractivity contribution in [3.05, 3.63) is 40.7 Å². The van der Waals surface area contributed by atoms with Crippen molar-refractivity contribution in [3.8, 4) is 5.75 Å². The van der Waals surface area contributed by atoms with Crippen molar-refractivity contribution in [2.45, 2.75) is 58.3 Å². The van der Waals surface area contributed by atoms with Gasteiger partial charge in [-0.25, -0.2) is 4.79 Å². The molecule has 124 valence electrons. The van der Waals surface area contributed by atoms with Gasteiger partial charge in [0.15, 0.2) is 0 Å². The van der Waals surface area contributed by atoms with Crippen LogP contribution in [0.1, 0.15) is 64.2 Å². The minimum atomic E-state index is -1.16. The third kappa shape index (κ3) is 3.31. The molecule has 1 aromatic carbocycles. The van der Waals surface area contributed by atoms with Crippen molar-refractivity contribution in [2.75, 3.05) is 0 Å². The fourth-order valence-electron chi connectivity index (χ4n) is 2.63. The number of allylic oxidation sites excluding steroid dienone is 1. The summed E-state index contributed by atoms with van der Waals surface area (Å²) in [6.07, 6.45) is 2.14. The highest BCUT2D eigenvalue weighted by atomic mass is 16.5. The first-order valence-electron chi connectivity index (χ1n) is 7.72. The SMILES string of the molecule is CC(C)(C)c1cc2c(c(C(C)(C)C)c1)OC(C(=O)O)=CC2C=O. The molecular weight excluding hydrogens is 292 g/mol. The molecule has 0 fully saturated rings. The van der Waals surface area contributed by atoms with Gasteiger partial charge in [-0.3, -0.25) is 0 Å². The Morgan fingerprint density at radius 2 is 1.74 bits per heavy atom. The molecule has 2 rings (SSSR count). The molecule has 1 atom stereocenters. The average molecular weight is 316 g/mol. The first-order chi connectivity index (χ1) is 10.4. The van der Waals surface area contributed by atoms with E-state index in [0.29, 0.717) is 5.75 Å². The number of rotatable bonds is 2. The number of carboxylic acids is 1. The van der Waals surface area contributed by atoms with Gasteiger partial charge in [0.25, 0.3) is 0 Å². The molecule has 23 heavy (non-hydrogen) atoms. The summed E-state index contributed by atoms with van der Waals surface area (Å²) < 4.78 is 5.65. The normalized spacial score (nSPS) is 17.8. The summed E-state index contributed by atoms with van der Waals surface area (Å²) in [6, 6.07) is 4.02. The van der Waals surface area contributed by atoms with Crippen LogP contribution in [-0.2, 0) is 20.4 Å². The Labute approximate surface area is 137 Å². The third-order valence-corrected chi connectivity index (χ3v) is 4.05. The third-order valence-electron chi connectivity index (χ3n) is 4.05. The molecule has 0 saturated heterocycles. The van der Waals surface area contributed by atoms with E-state index in [-0.39, 0.29) is 16.6 Å². The lowest BCUT2D eigenvalue weighted by Gasteiger charge is -2.31. The van der Waals surface area contributed by atoms with Crippen LogP contribution in [0.4, 0.5) is 0 Å². The molecule has 1 aliphatic heterocycles. The van der Waals surface area contributed by atoms with Gasteiger partial charge in [0.2, 0.25) is 5.76 Å². The molecule has 1 aromatic rings. The van der Waals surface area contributed by atoms with Crippen LogP contribution in [0.15, 0.2) is 24.0 Å². The molecule has 1 N–H and O–H groups in total. The van der Waals surface area contributed by atoms with Gasteiger partial charge in [0, 0.05) is 11.1 Å². The van der Waals surface area contributed by atoms with E-state index < -0.39 is 11.9 Å². The summed E-state index contributed by atoms with van der Waals surface area (Å²) in [5.74, 6) is -1.46. The van der Waals surface area contributed by atoms with Gasteiger partial charge in [0.05, 0.1) is 5.92 Å². The van der Waals surface area contributed by atoms with E-state index >= 15 is 0 Å². The molecule has 0 bridgehead atoms. The number of hydrogen-bond donors (Lipinski definition) is 1. The quantitative estimate of drug-likeness (QED) is 0.840. The van der Waals surface area contributed by atoms with Crippen LogP contribution in [0.3, 0.4) is 0 Å². The van der Waals surface area contributed by atoms with Crippen LogP contribution in [0.5, 0.6) is 5.75 Å². The van der Waals surface area contributed by atoms with Crippen molar-refractivity contribution in [1.82, 2.24) is 0 Å². The number of carbonyl (C=O) groups excluding carboxylic acids is 1. The van der Waals surface area contributed by atoms with Crippen LogP contribution in [0.25, 0.3) is 0 Å². The van der Waals surface area contributed by atoms with Gasteiger partial charge < -0.3 is 14.6 Å². The summed E-state index contributed by atoms with van der Waals surface area (Å²) in [4.78, 5) is 22.8. The second-order valence-corrected chi connectivity index (χ2v) is 8.04. The standard InChI is InChI=1S/C19H24O4/c1-18(2,3)12-8-13-11(10-20)7-15(17(21)22)23-16(13)14(9-12)19(4,5)6/h7-11H,1-6H3,(H,21,22). The van der Waals surface area contributed by atoms with Gasteiger partial charge in [0.1, 0.15) is 12.0 Å². The molecule has 4 heteroatoms. The number of aldehydes is 1. The van der Waals surface area contributed by atoms with Gasteiger partial charge >= 0.3 is 5.97 Å². The lowest BCUT2D eigenvalue weighted by Crippen LogP contribution is -2.23. The smallest absolute Gasteiger partial charge is 0.371 e. The van der Waals surface area contributed by atoms with Crippen LogP contribution in [0.2, 0.25) is 0 Å². The van der Waals surface area contributed by atoms with Crippen molar-refractivity contribution >= 4 is 12.3 Å². The van der Waals surface area contributed by atoms with E-state index in [0.717, 1.165) is 23.0 Å². The number of hydrogen-bond acceptors (Lipinski definition) is 3. The molecular formula is C19H24O4. The highest BCUT2D eigenvalue weighted by Gasteiger charge is 2.32. The lowest BCUT2D eigenvalue weighted by atomic mass is 9.77. The van der Waals surface area contributed by atoms with E-state index in [9.17, 15) is 14.7 Å². The Balaban J connectivity index is 2.77. The average Bonchev–Trinajstić information content (AvgIpc) is 2.42. The largest absolute Gasteiger partial charge is 0.475 e. The Morgan fingerprint density at radius 3 is 2.17 bits per heavy atom. The number of carboxylic acid groups (broad SMARTS) is 1. The minimum absolute atomic E-state index is 0.0841. The maximum Gasteiger partial charge on any atom is 0.371 e. The maximum absolute atomic E-state index is 11.5. The van der Waals surface area contributed by atoms with Crippen LogP contribution < -0.4 is 4.74 Å². The monoisotopic (exact) mass is 316 g/mol. The summed E-state index contributed by atoms with van der Waals surface area (Å²) in [6.45, 7) is 12.5. The zero-order chi connectivity index (χ0) is 17.6. The lowest BCUT2D eigenvalue weighted by molar-refractivity contribution is -0.135. The minimum Gasteiger partial charge on any atom is -0.475 e. The molecule has 0 spiro atoms. The predicted molar refractivity (Wildman–Crippen MR) is 89.0 cm³/mol. The zero-order valence-corrected chi connectivity index (χ0v) is 14.6.